The molecule has 0 saturated carbocycles. The fourth-order valence-corrected chi connectivity index (χ4v) is 4.53. The molecule has 2 fully saturated rings. The third kappa shape index (κ3) is 4.20. The second-order valence-electron chi connectivity index (χ2n) is 8.90. The van der Waals surface area contributed by atoms with Crippen LogP contribution in [0.15, 0.2) is 54.6 Å². The first-order valence-electron chi connectivity index (χ1n) is 11.0. The van der Waals surface area contributed by atoms with Crippen molar-refractivity contribution in [1.82, 2.24) is 10.2 Å². The summed E-state index contributed by atoms with van der Waals surface area (Å²) < 4.78 is 0. The molecule has 31 heavy (non-hydrogen) atoms. The summed E-state index contributed by atoms with van der Waals surface area (Å²) >= 11 is 0. The van der Waals surface area contributed by atoms with Crippen LogP contribution in [0.4, 0.5) is 5.69 Å². The van der Waals surface area contributed by atoms with Gasteiger partial charge in [-0.3, -0.25) is 19.9 Å². The Morgan fingerprint density at radius 3 is 2.39 bits per heavy atom. The molecule has 2 aliphatic rings. The van der Waals surface area contributed by atoms with Gasteiger partial charge < -0.3 is 10.2 Å². The first-order valence-corrected chi connectivity index (χ1v) is 11.0. The van der Waals surface area contributed by atoms with Crippen molar-refractivity contribution in [3.63, 3.8) is 0 Å². The van der Waals surface area contributed by atoms with Crippen molar-refractivity contribution in [2.24, 2.45) is 5.92 Å². The number of nitrogens with one attached hydrogen (secondary N) is 2. The standard InChI is InChI=1S/C25H30N4O2/c1-16(2)22-14-24(31)29(25(26)27-22)17(3)19-10-7-11-21(12-19)28-15-20(13-23(28)30)18-8-5-4-6-9-18/h4-12,16-17,20,22H,13-15H2,1-3H3,(H2,26,27)/t17-,20+,22?/m1/s1. The molecule has 4 rings (SSSR count). The third-order valence-corrected chi connectivity index (χ3v) is 6.48. The van der Waals surface area contributed by atoms with Crippen LogP contribution in [-0.2, 0) is 9.59 Å². The first-order chi connectivity index (χ1) is 14.8. The smallest absolute Gasteiger partial charge is 0.231 e. The number of anilines is 1. The molecule has 1 unspecified atom stereocenters. The number of hydrogen-bond donors (Lipinski definition) is 2. The minimum Gasteiger partial charge on any atom is -0.353 e. The molecule has 2 aromatic rings. The Labute approximate surface area is 183 Å². The van der Waals surface area contributed by atoms with Crippen LogP contribution in [0, 0.1) is 11.3 Å². The second-order valence-corrected chi connectivity index (χ2v) is 8.90. The van der Waals surface area contributed by atoms with Gasteiger partial charge in [0.2, 0.25) is 11.8 Å². The molecule has 0 bridgehead atoms. The molecule has 6 nitrogen and oxygen atoms in total. The molecule has 6 heteroatoms. The molecule has 2 aliphatic heterocycles. The van der Waals surface area contributed by atoms with E-state index in [4.69, 9.17) is 5.41 Å². The van der Waals surface area contributed by atoms with Crippen LogP contribution in [0.3, 0.4) is 0 Å². The molecule has 0 spiro atoms. The summed E-state index contributed by atoms with van der Waals surface area (Å²) in [5, 5.41) is 11.6. The van der Waals surface area contributed by atoms with Gasteiger partial charge in [-0.2, -0.15) is 0 Å². The number of rotatable bonds is 5. The minimum atomic E-state index is -0.289. The van der Waals surface area contributed by atoms with Crippen molar-refractivity contribution in [1.29, 1.82) is 5.41 Å². The van der Waals surface area contributed by atoms with E-state index >= 15 is 0 Å². The van der Waals surface area contributed by atoms with Gasteiger partial charge in [0.25, 0.3) is 0 Å². The SMILES string of the molecule is CC(C)C1CC(=O)N([C@H](C)c2cccc(N3C[C@@H](c4ccccc4)CC3=O)c2)C(=N)N1. The molecule has 3 atom stereocenters. The van der Waals surface area contributed by atoms with Crippen molar-refractivity contribution >= 4 is 23.5 Å². The Kier molecular flexibility index (Phi) is 5.81. The Hall–Kier alpha value is -3.15. The highest BCUT2D eigenvalue weighted by Crippen LogP contribution is 2.34. The van der Waals surface area contributed by atoms with E-state index in [-0.39, 0.29) is 41.7 Å². The zero-order valence-electron chi connectivity index (χ0n) is 18.3. The molecule has 2 amide bonds. The van der Waals surface area contributed by atoms with E-state index in [0.29, 0.717) is 19.4 Å². The maximum absolute atomic E-state index is 12.8. The molecular weight excluding hydrogens is 388 g/mol. The number of hydrogen-bond acceptors (Lipinski definition) is 3. The van der Waals surface area contributed by atoms with Crippen LogP contribution < -0.4 is 10.2 Å². The summed E-state index contributed by atoms with van der Waals surface area (Å²) in [7, 11) is 0. The number of guanidine groups is 1. The van der Waals surface area contributed by atoms with E-state index < -0.39 is 0 Å². The Balaban J connectivity index is 1.53. The lowest BCUT2D eigenvalue weighted by molar-refractivity contribution is -0.131. The summed E-state index contributed by atoms with van der Waals surface area (Å²) in [6.07, 6.45) is 0.882. The Morgan fingerprint density at radius 1 is 0.968 bits per heavy atom. The summed E-state index contributed by atoms with van der Waals surface area (Å²) in [6, 6.07) is 17.7. The molecule has 0 aliphatic carbocycles. The number of benzene rings is 2. The normalized spacial score (nSPS) is 22.8. The zero-order chi connectivity index (χ0) is 22.1. The first kappa shape index (κ1) is 21.1. The fourth-order valence-electron chi connectivity index (χ4n) is 4.53. The van der Waals surface area contributed by atoms with Gasteiger partial charge in [0.15, 0.2) is 5.96 Å². The van der Waals surface area contributed by atoms with Crippen LogP contribution in [0.2, 0.25) is 0 Å². The van der Waals surface area contributed by atoms with E-state index in [1.165, 1.54) is 10.5 Å². The molecule has 2 N–H and O–H groups in total. The number of carbonyl (C=O) groups excluding carboxylic acids is 2. The van der Waals surface area contributed by atoms with E-state index in [1.807, 2.05) is 54.3 Å². The average Bonchev–Trinajstić information content (AvgIpc) is 3.15. The Morgan fingerprint density at radius 2 is 1.71 bits per heavy atom. The van der Waals surface area contributed by atoms with Gasteiger partial charge in [-0.1, -0.05) is 56.3 Å². The largest absolute Gasteiger partial charge is 0.353 e. The molecular formula is C25H30N4O2. The highest BCUT2D eigenvalue weighted by molar-refractivity contribution is 5.99. The lowest BCUT2D eigenvalue weighted by atomic mass is 9.97. The highest BCUT2D eigenvalue weighted by Gasteiger charge is 2.35. The maximum atomic E-state index is 12.8. The minimum absolute atomic E-state index is 0.00748. The van der Waals surface area contributed by atoms with E-state index in [0.717, 1.165) is 11.3 Å². The lowest BCUT2D eigenvalue weighted by Gasteiger charge is -2.38. The van der Waals surface area contributed by atoms with Gasteiger partial charge in [0.05, 0.1) is 6.04 Å². The lowest BCUT2D eigenvalue weighted by Crippen LogP contribution is -2.57. The van der Waals surface area contributed by atoms with Gasteiger partial charge in [-0.15, -0.1) is 0 Å². The average molecular weight is 419 g/mol. The maximum Gasteiger partial charge on any atom is 0.231 e. The number of amides is 2. The predicted octanol–water partition coefficient (Wildman–Crippen LogP) is 4.05. The van der Waals surface area contributed by atoms with Gasteiger partial charge in [0.1, 0.15) is 0 Å². The van der Waals surface area contributed by atoms with Gasteiger partial charge in [-0.25, -0.2) is 0 Å². The summed E-state index contributed by atoms with van der Waals surface area (Å²) in [5.74, 6) is 0.686. The van der Waals surface area contributed by atoms with Gasteiger partial charge in [-0.05, 0) is 36.1 Å². The van der Waals surface area contributed by atoms with Crippen molar-refractivity contribution < 1.29 is 9.59 Å². The molecule has 2 heterocycles. The monoisotopic (exact) mass is 418 g/mol. The molecule has 0 radical (unpaired) electrons. The third-order valence-electron chi connectivity index (χ3n) is 6.48. The van der Waals surface area contributed by atoms with Crippen molar-refractivity contribution in [3.05, 3.63) is 65.7 Å². The predicted molar refractivity (Wildman–Crippen MR) is 122 cm³/mol. The van der Waals surface area contributed by atoms with E-state index in [1.54, 1.807) is 0 Å². The highest BCUT2D eigenvalue weighted by atomic mass is 16.2. The quantitative estimate of drug-likeness (QED) is 0.769. The number of nitrogens with zero attached hydrogens (tertiary/aromatic N) is 2. The topological polar surface area (TPSA) is 76.5 Å². The zero-order valence-corrected chi connectivity index (χ0v) is 18.3. The van der Waals surface area contributed by atoms with Crippen LogP contribution in [0.25, 0.3) is 0 Å². The number of carbonyl (C=O) groups is 2. The molecule has 2 aromatic carbocycles. The fraction of sp³-hybridized carbons (Fsp3) is 0.400. The molecule has 0 aromatic heterocycles. The summed E-state index contributed by atoms with van der Waals surface area (Å²) in [6.45, 7) is 6.69. The second kappa shape index (κ2) is 8.53. The summed E-state index contributed by atoms with van der Waals surface area (Å²) in [4.78, 5) is 28.9. The molecule has 162 valence electrons. The van der Waals surface area contributed by atoms with E-state index in [2.05, 4.69) is 31.3 Å². The summed E-state index contributed by atoms with van der Waals surface area (Å²) in [5.41, 5.74) is 2.94. The van der Waals surface area contributed by atoms with Crippen LogP contribution in [0.5, 0.6) is 0 Å². The van der Waals surface area contributed by atoms with Crippen molar-refractivity contribution in [2.45, 2.75) is 51.6 Å². The van der Waals surface area contributed by atoms with Crippen LogP contribution in [-0.4, -0.2) is 35.3 Å². The van der Waals surface area contributed by atoms with Crippen molar-refractivity contribution in [2.75, 3.05) is 11.4 Å². The van der Waals surface area contributed by atoms with Crippen molar-refractivity contribution in [3.8, 4) is 0 Å². The van der Waals surface area contributed by atoms with Gasteiger partial charge in [0, 0.05) is 37.0 Å². The Bertz CT molecular complexity index is 970. The van der Waals surface area contributed by atoms with Gasteiger partial charge >= 0.3 is 0 Å². The van der Waals surface area contributed by atoms with Crippen LogP contribution >= 0.6 is 0 Å². The van der Waals surface area contributed by atoms with E-state index in [9.17, 15) is 9.59 Å². The van der Waals surface area contributed by atoms with Crippen LogP contribution in [0.1, 0.15) is 56.7 Å². The molecule has 2 saturated heterocycles.